The second-order valence-corrected chi connectivity index (χ2v) is 4.01. The number of hydrogen-bond acceptors (Lipinski definition) is 3. The van der Waals surface area contributed by atoms with Gasteiger partial charge in [0.2, 0.25) is 0 Å². The molecule has 0 aliphatic carbocycles. The van der Waals surface area contributed by atoms with Gasteiger partial charge in [0, 0.05) is 6.07 Å². The number of hydrogen-bond donors (Lipinski definition) is 0. The van der Waals surface area contributed by atoms with E-state index >= 15 is 0 Å². The predicted octanol–water partition coefficient (Wildman–Crippen LogP) is 2.49. The molecule has 98 valence electrons. The molecule has 2 N–H and O–H groups in total. The summed E-state index contributed by atoms with van der Waals surface area (Å²) in [6.45, 7) is 0.394. The summed E-state index contributed by atoms with van der Waals surface area (Å²) in [7, 11) is 1.31. The Bertz CT molecular complexity index is 564. The van der Waals surface area contributed by atoms with Crippen LogP contribution in [0.3, 0.4) is 0 Å². The second kappa shape index (κ2) is 5.91. The average molecular weight is 259 g/mol. The molecule has 0 unspecified atom stereocenters. The first-order valence-electron chi connectivity index (χ1n) is 5.81. The van der Waals surface area contributed by atoms with Crippen molar-refractivity contribution in [3.05, 3.63) is 59.7 Å². The lowest BCUT2D eigenvalue weighted by atomic mass is 10.2. The fourth-order valence-electron chi connectivity index (χ4n) is 1.66. The lowest BCUT2D eigenvalue weighted by Crippen LogP contribution is -2.02. The minimum Gasteiger partial charge on any atom is -0.593 e. The van der Waals surface area contributed by atoms with Crippen molar-refractivity contribution in [2.24, 2.45) is 0 Å². The van der Waals surface area contributed by atoms with Crippen LogP contribution in [0.25, 0.3) is 0 Å². The van der Waals surface area contributed by atoms with Gasteiger partial charge in [0.05, 0.1) is 18.7 Å². The summed E-state index contributed by atoms with van der Waals surface area (Å²) in [5, 5.41) is 7.64. The Labute approximate surface area is 111 Å². The number of rotatable bonds is 4. The molecule has 0 heterocycles. The minimum absolute atomic E-state index is 0.214. The van der Waals surface area contributed by atoms with E-state index in [4.69, 9.17) is 9.84 Å². The Balaban J connectivity index is 2.12. The Kier molecular flexibility index (Phi) is 4.03. The van der Waals surface area contributed by atoms with Crippen molar-refractivity contribution in [1.29, 1.82) is 0 Å². The van der Waals surface area contributed by atoms with Crippen LogP contribution in [-0.4, -0.2) is 18.2 Å². The molecule has 19 heavy (non-hydrogen) atoms. The highest BCUT2D eigenvalue weighted by Gasteiger charge is 2.11. The van der Waals surface area contributed by atoms with Gasteiger partial charge >= 0.3 is 5.97 Å². The molecule has 0 aliphatic rings. The van der Waals surface area contributed by atoms with E-state index in [1.807, 2.05) is 30.3 Å². The first kappa shape index (κ1) is 13.0. The van der Waals surface area contributed by atoms with E-state index in [0.717, 1.165) is 5.56 Å². The Morgan fingerprint density at radius 3 is 2.58 bits per heavy atom. The quantitative estimate of drug-likeness (QED) is 0.626. The standard InChI is InChI=1S/C15H14O4/c1-18-15(17)12-7-13(16)9-14(8-12)19-10-11-5-3-2-4-6-11/h2-9,16H,10H2,1H3/p+1. The molecule has 0 aromatic heterocycles. The summed E-state index contributed by atoms with van der Waals surface area (Å²) in [6, 6.07) is 14.3. The third-order valence-corrected chi connectivity index (χ3v) is 2.58. The molecule has 4 heteroatoms. The maximum absolute atomic E-state index is 11.4. The molecule has 0 bridgehead atoms. The molecule has 0 spiro atoms. The molecule has 0 fully saturated rings. The van der Waals surface area contributed by atoms with E-state index in [1.54, 1.807) is 12.1 Å². The van der Waals surface area contributed by atoms with Crippen molar-refractivity contribution >= 4 is 5.97 Å². The van der Waals surface area contributed by atoms with Crippen LogP contribution >= 0.6 is 0 Å². The molecule has 0 radical (unpaired) electrons. The number of benzene rings is 2. The zero-order valence-corrected chi connectivity index (χ0v) is 10.6. The highest BCUT2D eigenvalue weighted by atomic mass is 16.5. The van der Waals surface area contributed by atoms with Crippen LogP contribution in [0.1, 0.15) is 15.9 Å². The molecular formula is C15H15O4+. The topological polar surface area (TPSA) is 58.4 Å². The first-order valence-corrected chi connectivity index (χ1v) is 5.81. The third kappa shape index (κ3) is 3.48. The summed E-state index contributed by atoms with van der Waals surface area (Å²) in [4.78, 5) is 11.4. The Morgan fingerprint density at radius 2 is 1.89 bits per heavy atom. The number of esters is 1. The number of ether oxygens (including phenoxy) is 2. The highest BCUT2D eigenvalue weighted by molar-refractivity contribution is 5.90. The molecule has 2 aromatic rings. The number of carbonyl (C=O) groups excluding carboxylic acids is 1. The zero-order valence-electron chi connectivity index (χ0n) is 10.6. The van der Waals surface area contributed by atoms with E-state index in [2.05, 4.69) is 4.74 Å². The van der Waals surface area contributed by atoms with Gasteiger partial charge in [-0.1, -0.05) is 30.3 Å². The van der Waals surface area contributed by atoms with E-state index in [1.165, 1.54) is 13.2 Å². The van der Waals surface area contributed by atoms with Crippen molar-refractivity contribution in [3.8, 4) is 11.5 Å². The number of carbonyl (C=O) groups is 1. The van der Waals surface area contributed by atoms with Gasteiger partial charge in [-0.25, -0.2) is 4.79 Å². The third-order valence-electron chi connectivity index (χ3n) is 2.58. The predicted molar refractivity (Wildman–Crippen MR) is 71.6 cm³/mol. The molecule has 0 amide bonds. The Hall–Kier alpha value is -2.49. The van der Waals surface area contributed by atoms with Gasteiger partial charge < -0.3 is 14.6 Å². The van der Waals surface area contributed by atoms with Crippen LogP contribution in [0.4, 0.5) is 0 Å². The zero-order chi connectivity index (χ0) is 13.7. The molecule has 0 atom stereocenters. The largest absolute Gasteiger partial charge is 0.593 e. The Morgan fingerprint density at radius 1 is 1.16 bits per heavy atom. The normalized spacial score (nSPS) is 9.95. The van der Waals surface area contributed by atoms with Crippen LogP contribution in [0, 0.1) is 0 Å². The highest BCUT2D eigenvalue weighted by Crippen LogP contribution is 2.23. The summed E-state index contributed by atoms with van der Waals surface area (Å²) in [5.74, 6) is 0.223. The minimum atomic E-state index is -0.473. The van der Waals surface area contributed by atoms with E-state index in [9.17, 15) is 4.79 Å². The fraction of sp³-hybridized carbons (Fsp3) is 0.133. The van der Waals surface area contributed by atoms with Crippen molar-refractivity contribution in [2.45, 2.75) is 6.61 Å². The van der Waals surface area contributed by atoms with Crippen LogP contribution in [0.5, 0.6) is 11.5 Å². The lowest BCUT2D eigenvalue weighted by molar-refractivity contribution is 0.0599. The van der Waals surface area contributed by atoms with Crippen LogP contribution in [0.2, 0.25) is 0 Å². The summed E-state index contributed by atoms with van der Waals surface area (Å²) >= 11 is 0. The van der Waals surface area contributed by atoms with Gasteiger partial charge in [-0.3, -0.25) is 0 Å². The molecular weight excluding hydrogens is 244 g/mol. The lowest BCUT2D eigenvalue weighted by Gasteiger charge is -2.07. The van der Waals surface area contributed by atoms with Crippen LogP contribution < -0.4 is 4.74 Å². The van der Waals surface area contributed by atoms with Crippen LogP contribution in [0.15, 0.2) is 48.5 Å². The van der Waals surface area contributed by atoms with Gasteiger partial charge in [0.1, 0.15) is 12.4 Å². The van der Waals surface area contributed by atoms with E-state index in [0.29, 0.717) is 17.9 Å². The monoisotopic (exact) mass is 259 g/mol. The SMILES string of the molecule is COC(=O)c1cc([OH2+])cc(OCc2ccccc2)c1. The molecule has 4 nitrogen and oxygen atoms in total. The summed E-state index contributed by atoms with van der Waals surface area (Å²) < 4.78 is 10.2. The molecule has 0 saturated carbocycles. The smallest absolute Gasteiger partial charge is 0.338 e. The van der Waals surface area contributed by atoms with Crippen molar-refractivity contribution < 1.29 is 19.4 Å². The van der Waals surface area contributed by atoms with Crippen LogP contribution in [-0.2, 0) is 11.3 Å². The fourth-order valence-corrected chi connectivity index (χ4v) is 1.66. The molecule has 2 aromatic carbocycles. The maximum atomic E-state index is 11.4. The average Bonchev–Trinajstić information content (AvgIpc) is 2.45. The second-order valence-electron chi connectivity index (χ2n) is 4.01. The maximum Gasteiger partial charge on any atom is 0.338 e. The van der Waals surface area contributed by atoms with E-state index < -0.39 is 5.97 Å². The molecule has 0 saturated heterocycles. The van der Waals surface area contributed by atoms with Gasteiger partial charge in [-0.15, -0.1) is 0 Å². The summed E-state index contributed by atoms with van der Waals surface area (Å²) in [5.41, 5.74) is 1.34. The molecule has 0 aliphatic heterocycles. The molecule has 2 rings (SSSR count). The van der Waals surface area contributed by atoms with Crippen molar-refractivity contribution in [2.75, 3.05) is 7.11 Å². The first-order chi connectivity index (χ1) is 9.19. The van der Waals surface area contributed by atoms with Crippen molar-refractivity contribution in [3.63, 3.8) is 0 Å². The van der Waals surface area contributed by atoms with Gasteiger partial charge in [-0.05, 0) is 11.6 Å². The van der Waals surface area contributed by atoms with Crippen molar-refractivity contribution in [1.82, 2.24) is 0 Å². The number of methoxy groups -OCH3 is 1. The van der Waals surface area contributed by atoms with Gasteiger partial charge in [-0.2, -0.15) is 0 Å². The van der Waals surface area contributed by atoms with Gasteiger partial charge in [0.25, 0.3) is 5.75 Å². The van der Waals surface area contributed by atoms with E-state index in [-0.39, 0.29) is 5.75 Å². The summed E-state index contributed by atoms with van der Waals surface area (Å²) in [6.07, 6.45) is 0. The van der Waals surface area contributed by atoms with Gasteiger partial charge in [0.15, 0.2) is 0 Å².